The summed E-state index contributed by atoms with van der Waals surface area (Å²) in [4.78, 5) is 21.7. The van der Waals surface area contributed by atoms with Gasteiger partial charge in [0.25, 0.3) is 0 Å². The van der Waals surface area contributed by atoms with E-state index >= 15 is 0 Å². The Labute approximate surface area is 168 Å². The van der Waals surface area contributed by atoms with E-state index in [9.17, 15) is 10.1 Å². The molecule has 1 aliphatic heterocycles. The average Bonchev–Trinajstić information content (AvgIpc) is 2.75. The highest BCUT2D eigenvalue weighted by Crippen LogP contribution is 2.36. The Balaban J connectivity index is 1.55. The topological polar surface area (TPSA) is 93.4 Å². The van der Waals surface area contributed by atoms with Gasteiger partial charge in [-0.3, -0.25) is 10.1 Å². The summed E-state index contributed by atoms with van der Waals surface area (Å²) < 4.78 is 5.88. The number of likely N-dealkylation sites (tertiary alicyclic amines) is 1. The zero-order valence-corrected chi connectivity index (χ0v) is 16.1. The minimum Gasteiger partial charge on any atom is -0.433 e. The van der Waals surface area contributed by atoms with Crippen molar-refractivity contribution in [2.45, 2.75) is 19.3 Å². The Morgan fingerprint density at radius 3 is 2.69 bits per heavy atom. The smallest absolute Gasteiger partial charge is 0.373 e. The molecule has 150 valence electrons. The van der Waals surface area contributed by atoms with Gasteiger partial charge >= 0.3 is 11.6 Å². The first-order valence-electron chi connectivity index (χ1n) is 9.83. The lowest BCUT2D eigenvalue weighted by Gasteiger charge is -2.26. The normalized spacial score (nSPS) is 14.6. The fourth-order valence-electron chi connectivity index (χ4n) is 3.64. The molecule has 0 aliphatic carbocycles. The SMILES string of the molecule is O=[N+]([O-])c1c(NCCN2CCCCC2)ncnc1Oc1cccc2ccccc12. The van der Waals surface area contributed by atoms with Gasteiger partial charge in [0.05, 0.1) is 4.92 Å². The maximum Gasteiger partial charge on any atom is 0.373 e. The molecule has 1 fully saturated rings. The van der Waals surface area contributed by atoms with E-state index in [0.717, 1.165) is 30.4 Å². The molecule has 4 rings (SSSR count). The van der Waals surface area contributed by atoms with Gasteiger partial charge in [-0.05, 0) is 37.4 Å². The summed E-state index contributed by atoms with van der Waals surface area (Å²) in [5.74, 6) is 0.628. The summed E-state index contributed by atoms with van der Waals surface area (Å²) in [5.41, 5.74) is -0.251. The highest BCUT2D eigenvalue weighted by atomic mass is 16.6. The highest BCUT2D eigenvalue weighted by Gasteiger charge is 2.25. The number of rotatable bonds is 7. The van der Waals surface area contributed by atoms with E-state index in [2.05, 4.69) is 20.2 Å². The van der Waals surface area contributed by atoms with Crippen LogP contribution in [-0.2, 0) is 0 Å². The molecule has 2 aromatic carbocycles. The van der Waals surface area contributed by atoms with Crippen molar-refractivity contribution >= 4 is 22.3 Å². The number of nitrogens with one attached hydrogen (secondary N) is 1. The van der Waals surface area contributed by atoms with E-state index in [1.54, 1.807) is 6.07 Å². The van der Waals surface area contributed by atoms with Crippen LogP contribution in [0.1, 0.15) is 19.3 Å². The fourth-order valence-corrected chi connectivity index (χ4v) is 3.64. The van der Waals surface area contributed by atoms with Crippen molar-refractivity contribution in [1.29, 1.82) is 0 Å². The van der Waals surface area contributed by atoms with Crippen LogP contribution in [0.2, 0.25) is 0 Å². The van der Waals surface area contributed by atoms with Gasteiger partial charge in [0.15, 0.2) is 0 Å². The second kappa shape index (κ2) is 8.83. The first kappa shape index (κ1) is 19.1. The second-order valence-electron chi connectivity index (χ2n) is 7.04. The number of nitro groups is 1. The molecule has 8 heteroatoms. The Bertz CT molecular complexity index is 999. The van der Waals surface area contributed by atoms with Gasteiger partial charge in [0.1, 0.15) is 12.1 Å². The lowest BCUT2D eigenvalue weighted by molar-refractivity contribution is -0.385. The van der Waals surface area contributed by atoms with Crippen LogP contribution in [-0.4, -0.2) is 46.0 Å². The van der Waals surface area contributed by atoms with Crippen LogP contribution in [0.5, 0.6) is 11.6 Å². The number of hydrogen-bond donors (Lipinski definition) is 1. The number of fused-ring (bicyclic) bond motifs is 1. The third-order valence-corrected chi connectivity index (χ3v) is 5.10. The summed E-state index contributed by atoms with van der Waals surface area (Å²) in [6.07, 6.45) is 4.97. The third-order valence-electron chi connectivity index (χ3n) is 5.10. The molecule has 1 N–H and O–H groups in total. The van der Waals surface area contributed by atoms with Crippen molar-refractivity contribution in [3.8, 4) is 11.6 Å². The molecule has 0 unspecified atom stereocenters. The molecule has 2 heterocycles. The average molecular weight is 393 g/mol. The number of anilines is 1. The zero-order chi connectivity index (χ0) is 20.1. The predicted molar refractivity (Wildman–Crippen MR) is 111 cm³/mol. The van der Waals surface area contributed by atoms with Crippen LogP contribution < -0.4 is 10.1 Å². The number of ether oxygens (including phenoxy) is 1. The monoisotopic (exact) mass is 393 g/mol. The van der Waals surface area contributed by atoms with Gasteiger partial charge in [0.2, 0.25) is 5.82 Å². The van der Waals surface area contributed by atoms with Crippen molar-refractivity contribution < 1.29 is 9.66 Å². The van der Waals surface area contributed by atoms with Crippen LogP contribution in [0.15, 0.2) is 48.8 Å². The van der Waals surface area contributed by atoms with Crippen LogP contribution in [0.25, 0.3) is 10.8 Å². The number of benzene rings is 2. The summed E-state index contributed by atoms with van der Waals surface area (Å²) in [6, 6.07) is 13.3. The standard InChI is InChI=1S/C21H23N5O3/c27-26(28)19-20(22-11-14-25-12-4-1-5-13-25)23-15-24-21(19)29-18-10-6-8-16-7-2-3-9-17(16)18/h2-3,6-10,15H,1,4-5,11-14H2,(H,22,23,24). The molecule has 3 aromatic rings. The van der Waals surface area contributed by atoms with E-state index in [1.165, 1.54) is 25.6 Å². The van der Waals surface area contributed by atoms with Crippen molar-refractivity contribution in [3.63, 3.8) is 0 Å². The molecule has 0 atom stereocenters. The highest BCUT2D eigenvalue weighted by molar-refractivity contribution is 5.88. The van der Waals surface area contributed by atoms with E-state index in [1.807, 2.05) is 36.4 Å². The van der Waals surface area contributed by atoms with Crippen molar-refractivity contribution in [3.05, 3.63) is 58.9 Å². The van der Waals surface area contributed by atoms with Crippen LogP contribution >= 0.6 is 0 Å². The van der Waals surface area contributed by atoms with Crippen molar-refractivity contribution in [2.75, 3.05) is 31.5 Å². The predicted octanol–water partition coefficient (Wildman–Crippen LogP) is 4.23. The Hall–Kier alpha value is -3.26. The number of nitrogens with zero attached hydrogens (tertiary/aromatic N) is 4. The summed E-state index contributed by atoms with van der Waals surface area (Å²) in [5, 5.41) is 16.7. The van der Waals surface area contributed by atoms with E-state index in [0.29, 0.717) is 12.3 Å². The van der Waals surface area contributed by atoms with Crippen molar-refractivity contribution in [1.82, 2.24) is 14.9 Å². The molecule has 0 bridgehead atoms. The van der Waals surface area contributed by atoms with Gasteiger partial charge in [-0.15, -0.1) is 0 Å². The van der Waals surface area contributed by atoms with Crippen LogP contribution in [0, 0.1) is 10.1 Å². The van der Waals surface area contributed by atoms with Gasteiger partial charge in [-0.25, -0.2) is 4.98 Å². The molecule has 0 radical (unpaired) electrons. The quantitative estimate of drug-likeness (QED) is 0.474. The first-order valence-corrected chi connectivity index (χ1v) is 9.83. The lowest BCUT2D eigenvalue weighted by Crippen LogP contribution is -2.33. The Morgan fingerprint density at radius 2 is 1.86 bits per heavy atom. The lowest BCUT2D eigenvalue weighted by atomic mass is 10.1. The zero-order valence-electron chi connectivity index (χ0n) is 16.1. The minimum absolute atomic E-state index is 0.0678. The third kappa shape index (κ3) is 4.43. The number of piperidine rings is 1. The first-order chi connectivity index (χ1) is 14.2. The Kier molecular flexibility index (Phi) is 5.81. The molecule has 29 heavy (non-hydrogen) atoms. The molecular weight excluding hydrogens is 370 g/mol. The molecule has 1 aromatic heterocycles. The number of aromatic nitrogens is 2. The molecule has 8 nitrogen and oxygen atoms in total. The molecule has 0 amide bonds. The molecule has 0 spiro atoms. The van der Waals surface area contributed by atoms with Gasteiger partial charge in [-0.2, -0.15) is 4.98 Å². The van der Waals surface area contributed by atoms with Gasteiger partial charge in [0, 0.05) is 18.5 Å². The van der Waals surface area contributed by atoms with E-state index in [-0.39, 0.29) is 17.4 Å². The largest absolute Gasteiger partial charge is 0.433 e. The summed E-state index contributed by atoms with van der Waals surface area (Å²) in [6.45, 7) is 3.54. The maximum atomic E-state index is 11.8. The molecule has 1 saturated heterocycles. The second-order valence-corrected chi connectivity index (χ2v) is 7.04. The van der Waals surface area contributed by atoms with Crippen LogP contribution in [0.3, 0.4) is 0 Å². The maximum absolute atomic E-state index is 11.8. The number of hydrogen-bond acceptors (Lipinski definition) is 7. The van der Waals surface area contributed by atoms with Crippen molar-refractivity contribution in [2.24, 2.45) is 0 Å². The summed E-state index contributed by atoms with van der Waals surface area (Å²) >= 11 is 0. The minimum atomic E-state index is -0.496. The summed E-state index contributed by atoms with van der Waals surface area (Å²) in [7, 11) is 0. The fraction of sp³-hybridized carbons (Fsp3) is 0.333. The molecule has 1 aliphatic rings. The van der Waals surface area contributed by atoms with Crippen LogP contribution in [0.4, 0.5) is 11.5 Å². The Morgan fingerprint density at radius 1 is 1.07 bits per heavy atom. The van der Waals surface area contributed by atoms with Gasteiger partial charge < -0.3 is 15.0 Å². The van der Waals surface area contributed by atoms with E-state index < -0.39 is 4.92 Å². The van der Waals surface area contributed by atoms with E-state index in [4.69, 9.17) is 4.74 Å². The molecular formula is C21H23N5O3. The molecule has 0 saturated carbocycles. The van der Waals surface area contributed by atoms with Gasteiger partial charge in [-0.1, -0.05) is 42.8 Å².